The number of nitrogens with zero attached hydrogens (tertiary/aromatic N) is 2. The zero-order chi connectivity index (χ0) is 33.5. The van der Waals surface area contributed by atoms with E-state index in [9.17, 15) is 0 Å². The molecule has 0 radical (unpaired) electrons. The molecule has 0 unspecified atom stereocenters. The van der Waals surface area contributed by atoms with Gasteiger partial charge in [0.15, 0.2) is 0 Å². The van der Waals surface area contributed by atoms with Gasteiger partial charge in [-0.15, -0.1) is 0 Å². The fraction of sp³-hybridized carbons (Fsp3) is 0.0204. The summed E-state index contributed by atoms with van der Waals surface area (Å²) >= 11 is 0. The molecule has 10 aromatic rings. The van der Waals surface area contributed by atoms with Crippen molar-refractivity contribution in [1.29, 1.82) is 0 Å². The minimum atomic E-state index is 0.969. The molecular weight excluding hydrogens is 617 g/mol. The number of fused-ring (bicyclic) bond motifs is 9. The Morgan fingerprint density at radius 3 is 1.55 bits per heavy atom. The first-order chi connectivity index (χ1) is 25.3. The maximum Gasteiger partial charge on any atom is 0.0541 e. The zero-order valence-corrected chi connectivity index (χ0v) is 27.9. The standard InChI is InChI=1S/C49H32N2/c1-3-12-32(13-4-1)39-19-11-14-36-28-35-22-25-38(31-42(35)49(36)39)51-46-21-10-8-18-41(46)44-30-34(24-27-48(44)51)33-23-26-47-43(29-33)40-17-7-9-20-45(40)50(47)37-15-5-2-6-16-37/h1-27,29-31H,28H2. The van der Waals surface area contributed by atoms with E-state index in [2.05, 4.69) is 191 Å². The van der Waals surface area contributed by atoms with Crippen molar-refractivity contribution in [2.45, 2.75) is 6.42 Å². The lowest BCUT2D eigenvalue weighted by molar-refractivity contribution is 1.17. The van der Waals surface area contributed by atoms with E-state index in [1.54, 1.807) is 0 Å². The van der Waals surface area contributed by atoms with E-state index in [1.807, 2.05) is 0 Å². The van der Waals surface area contributed by atoms with Crippen LogP contribution in [0, 0.1) is 0 Å². The van der Waals surface area contributed by atoms with Crippen LogP contribution in [0.1, 0.15) is 11.1 Å². The molecule has 0 bridgehead atoms. The van der Waals surface area contributed by atoms with Crippen molar-refractivity contribution < 1.29 is 0 Å². The van der Waals surface area contributed by atoms with Gasteiger partial charge in [0.05, 0.1) is 22.1 Å². The van der Waals surface area contributed by atoms with Crippen molar-refractivity contribution in [3.05, 3.63) is 193 Å². The van der Waals surface area contributed by atoms with Crippen LogP contribution in [0.4, 0.5) is 0 Å². The van der Waals surface area contributed by atoms with Gasteiger partial charge >= 0.3 is 0 Å². The Balaban J connectivity index is 1.08. The molecule has 0 atom stereocenters. The van der Waals surface area contributed by atoms with Crippen LogP contribution >= 0.6 is 0 Å². The minimum absolute atomic E-state index is 0.969. The van der Waals surface area contributed by atoms with E-state index >= 15 is 0 Å². The number of rotatable bonds is 4. The van der Waals surface area contributed by atoms with Gasteiger partial charge in [-0.3, -0.25) is 0 Å². The Labute approximate surface area is 296 Å². The Bertz CT molecular complexity index is 2980. The fourth-order valence-corrected chi connectivity index (χ4v) is 8.66. The summed E-state index contributed by atoms with van der Waals surface area (Å²) in [6.07, 6.45) is 0.969. The first-order valence-corrected chi connectivity index (χ1v) is 17.7. The molecule has 0 spiro atoms. The summed E-state index contributed by atoms with van der Waals surface area (Å²) in [4.78, 5) is 0. The number of hydrogen-bond donors (Lipinski definition) is 0. The molecule has 0 N–H and O–H groups in total. The first-order valence-electron chi connectivity index (χ1n) is 17.7. The number of hydrogen-bond acceptors (Lipinski definition) is 0. The lowest BCUT2D eigenvalue weighted by Crippen LogP contribution is -1.95. The second kappa shape index (κ2) is 10.9. The molecule has 0 saturated carbocycles. The Kier molecular flexibility index (Phi) is 6.05. The number of aromatic nitrogens is 2. The SMILES string of the molecule is c1ccc(-c2cccc3c2-c2cc(-n4c5ccccc5c5cc(-c6ccc7c(c6)c6ccccc6n7-c6ccccc6)ccc54)ccc2C3)cc1. The third-order valence-electron chi connectivity index (χ3n) is 10.9. The van der Waals surface area contributed by atoms with Crippen LogP contribution in [0.3, 0.4) is 0 Å². The summed E-state index contributed by atoms with van der Waals surface area (Å²) in [7, 11) is 0. The predicted octanol–water partition coefficient (Wildman–Crippen LogP) is 12.8. The molecule has 2 nitrogen and oxygen atoms in total. The zero-order valence-electron chi connectivity index (χ0n) is 27.9. The van der Waals surface area contributed by atoms with Crippen LogP contribution in [0.25, 0.3) is 88.4 Å². The third-order valence-corrected chi connectivity index (χ3v) is 10.9. The minimum Gasteiger partial charge on any atom is -0.309 e. The molecule has 0 fully saturated rings. The summed E-state index contributed by atoms with van der Waals surface area (Å²) in [6, 6.07) is 66.9. The molecule has 2 aromatic heterocycles. The summed E-state index contributed by atoms with van der Waals surface area (Å²) in [5.74, 6) is 0. The molecule has 11 rings (SSSR count). The van der Waals surface area contributed by atoms with Crippen molar-refractivity contribution in [2.24, 2.45) is 0 Å². The van der Waals surface area contributed by atoms with Gasteiger partial charge in [-0.25, -0.2) is 0 Å². The Hall–Kier alpha value is -6.64. The Morgan fingerprint density at radius 2 is 0.882 bits per heavy atom. The molecule has 51 heavy (non-hydrogen) atoms. The van der Waals surface area contributed by atoms with Crippen LogP contribution in [0.5, 0.6) is 0 Å². The van der Waals surface area contributed by atoms with Gasteiger partial charge < -0.3 is 9.13 Å². The highest BCUT2D eigenvalue weighted by molar-refractivity contribution is 6.12. The topological polar surface area (TPSA) is 9.86 Å². The van der Waals surface area contributed by atoms with E-state index in [-0.39, 0.29) is 0 Å². The molecule has 2 heteroatoms. The highest BCUT2D eigenvalue weighted by Gasteiger charge is 2.24. The second-order valence-electron chi connectivity index (χ2n) is 13.7. The third kappa shape index (κ3) is 4.23. The monoisotopic (exact) mass is 648 g/mol. The van der Waals surface area contributed by atoms with Crippen LogP contribution in [0.2, 0.25) is 0 Å². The van der Waals surface area contributed by atoms with Gasteiger partial charge in [0.1, 0.15) is 0 Å². The normalized spacial score (nSPS) is 12.2. The number of para-hydroxylation sites is 3. The van der Waals surface area contributed by atoms with E-state index in [0.29, 0.717) is 0 Å². The molecule has 0 saturated heterocycles. The van der Waals surface area contributed by atoms with Crippen LogP contribution in [-0.4, -0.2) is 9.13 Å². The molecule has 0 aliphatic heterocycles. The lowest BCUT2D eigenvalue weighted by atomic mass is 9.94. The van der Waals surface area contributed by atoms with Gasteiger partial charge in [-0.2, -0.15) is 0 Å². The molecule has 2 heterocycles. The highest BCUT2D eigenvalue weighted by Crippen LogP contribution is 2.45. The van der Waals surface area contributed by atoms with E-state index < -0.39 is 0 Å². The fourth-order valence-electron chi connectivity index (χ4n) is 8.66. The first kappa shape index (κ1) is 28.2. The van der Waals surface area contributed by atoms with E-state index in [1.165, 1.54) is 99.5 Å². The van der Waals surface area contributed by atoms with Crippen molar-refractivity contribution in [2.75, 3.05) is 0 Å². The maximum absolute atomic E-state index is 2.45. The lowest BCUT2D eigenvalue weighted by Gasteiger charge is -2.13. The number of benzene rings is 8. The molecule has 0 amide bonds. The molecule has 1 aliphatic carbocycles. The average Bonchev–Trinajstić information content (AvgIpc) is 3.85. The smallest absolute Gasteiger partial charge is 0.0541 e. The van der Waals surface area contributed by atoms with Crippen molar-refractivity contribution >= 4 is 43.6 Å². The van der Waals surface area contributed by atoms with E-state index in [4.69, 9.17) is 0 Å². The quantitative estimate of drug-likeness (QED) is 0.180. The Morgan fingerprint density at radius 1 is 0.314 bits per heavy atom. The van der Waals surface area contributed by atoms with E-state index in [0.717, 1.165) is 6.42 Å². The van der Waals surface area contributed by atoms with Gasteiger partial charge in [-0.05, 0) is 112 Å². The van der Waals surface area contributed by atoms with Crippen LogP contribution < -0.4 is 0 Å². The summed E-state index contributed by atoms with van der Waals surface area (Å²) in [5.41, 5.74) is 17.8. The van der Waals surface area contributed by atoms with Gasteiger partial charge in [-0.1, -0.05) is 121 Å². The molecule has 1 aliphatic rings. The van der Waals surface area contributed by atoms with Crippen molar-refractivity contribution in [3.8, 4) is 44.8 Å². The van der Waals surface area contributed by atoms with Gasteiger partial charge in [0.2, 0.25) is 0 Å². The largest absolute Gasteiger partial charge is 0.309 e. The van der Waals surface area contributed by atoms with Crippen molar-refractivity contribution in [1.82, 2.24) is 9.13 Å². The maximum atomic E-state index is 2.45. The van der Waals surface area contributed by atoms with Gasteiger partial charge in [0, 0.05) is 32.9 Å². The van der Waals surface area contributed by atoms with Crippen LogP contribution in [0.15, 0.2) is 182 Å². The molecular formula is C49H32N2. The second-order valence-corrected chi connectivity index (χ2v) is 13.7. The van der Waals surface area contributed by atoms with Crippen LogP contribution in [-0.2, 0) is 6.42 Å². The summed E-state index contributed by atoms with van der Waals surface area (Å²) < 4.78 is 4.83. The summed E-state index contributed by atoms with van der Waals surface area (Å²) in [5, 5.41) is 5.06. The predicted molar refractivity (Wildman–Crippen MR) is 214 cm³/mol. The van der Waals surface area contributed by atoms with Crippen molar-refractivity contribution in [3.63, 3.8) is 0 Å². The highest BCUT2D eigenvalue weighted by atomic mass is 15.0. The average molecular weight is 649 g/mol. The molecule has 8 aromatic carbocycles. The van der Waals surface area contributed by atoms with Gasteiger partial charge in [0.25, 0.3) is 0 Å². The molecule has 238 valence electrons. The summed E-state index contributed by atoms with van der Waals surface area (Å²) in [6.45, 7) is 0.